The van der Waals surface area contributed by atoms with Crippen molar-refractivity contribution in [3.63, 3.8) is 0 Å². The van der Waals surface area contributed by atoms with Gasteiger partial charge in [0.05, 0.1) is 0 Å². The Balaban J connectivity index is 3.01. The molecule has 0 atom stereocenters. The molecule has 0 unspecified atom stereocenters. The van der Waals surface area contributed by atoms with E-state index in [-0.39, 0.29) is 6.71 Å². The molecule has 2 nitrogen and oxygen atoms in total. The minimum absolute atomic E-state index is 0.178. The van der Waals surface area contributed by atoms with Gasteiger partial charge in [0.15, 0.2) is 6.71 Å². The van der Waals surface area contributed by atoms with Crippen LogP contribution in [0.3, 0.4) is 0 Å². The molecule has 0 N–H and O–H groups in total. The van der Waals surface area contributed by atoms with Crippen molar-refractivity contribution in [2.75, 3.05) is 0 Å². The van der Waals surface area contributed by atoms with Crippen molar-refractivity contribution in [2.45, 2.75) is 45.5 Å². The van der Waals surface area contributed by atoms with Crippen molar-refractivity contribution in [3.05, 3.63) is 18.2 Å². The monoisotopic (exact) mass is 244 g/mol. The van der Waals surface area contributed by atoms with Crippen LogP contribution in [0.25, 0.3) is 0 Å². The Hall–Kier alpha value is -1.07. The summed E-state index contributed by atoms with van der Waals surface area (Å²) in [5.41, 5.74) is 0.767. The third-order valence-electron chi connectivity index (χ3n) is 2.75. The van der Waals surface area contributed by atoms with E-state index in [2.05, 4.69) is 9.97 Å². The second kappa shape index (κ2) is 5.06. The van der Waals surface area contributed by atoms with Gasteiger partial charge < -0.3 is 0 Å². The normalized spacial score (nSPS) is 12.3. The molecule has 0 aliphatic heterocycles. The van der Waals surface area contributed by atoms with E-state index in [0.29, 0.717) is 11.6 Å². The standard InChI is InChI=1S/C11H16BF3N2/c1-7(2)12(8(3)4)9-5-16-10(17-6-9)11(13,14)15/h5-8H,1-4H3. The Morgan fingerprint density at radius 3 is 1.71 bits per heavy atom. The minimum atomic E-state index is -4.47. The molecule has 1 aromatic rings. The molecule has 0 aromatic carbocycles. The van der Waals surface area contributed by atoms with E-state index in [1.54, 1.807) is 0 Å². The first kappa shape index (κ1) is 14.0. The zero-order chi connectivity index (χ0) is 13.2. The van der Waals surface area contributed by atoms with E-state index in [0.717, 1.165) is 5.46 Å². The number of alkyl halides is 3. The summed E-state index contributed by atoms with van der Waals surface area (Å²) in [5.74, 6) is -0.391. The highest BCUT2D eigenvalue weighted by Gasteiger charge is 2.35. The molecule has 1 aromatic heterocycles. The van der Waals surface area contributed by atoms with Crippen LogP contribution in [0.5, 0.6) is 0 Å². The summed E-state index contributed by atoms with van der Waals surface area (Å²) < 4.78 is 36.9. The molecule has 0 spiro atoms. The summed E-state index contributed by atoms with van der Waals surface area (Å²) in [6.45, 7) is 8.35. The van der Waals surface area contributed by atoms with Crippen LogP contribution in [-0.4, -0.2) is 16.7 Å². The topological polar surface area (TPSA) is 25.8 Å². The lowest BCUT2D eigenvalue weighted by atomic mass is 9.32. The van der Waals surface area contributed by atoms with Crippen LogP contribution < -0.4 is 5.46 Å². The molecule has 0 radical (unpaired) electrons. The molecule has 0 aliphatic rings. The van der Waals surface area contributed by atoms with Crippen LogP contribution in [0.15, 0.2) is 12.4 Å². The average molecular weight is 244 g/mol. The Bertz CT molecular complexity index is 352. The van der Waals surface area contributed by atoms with Crippen molar-refractivity contribution in [3.8, 4) is 0 Å². The number of rotatable bonds is 3. The SMILES string of the molecule is CC(C)B(c1cnc(C(F)(F)F)nc1)C(C)C. The van der Waals surface area contributed by atoms with Crippen LogP contribution in [0, 0.1) is 0 Å². The number of aromatic nitrogens is 2. The third kappa shape index (κ3) is 3.44. The molecule has 0 aliphatic carbocycles. The summed E-state index contributed by atoms with van der Waals surface area (Å²) in [4.78, 5) is 6.80. The fraction of sp³-hybridized carbons (Fsp3) is 0.636. The van der Waals surface area contributed by atoms with Gasteiger partial charge in [-0.1, -0.05) is 39.3 Å². The highest BCUT2D eigenvalue weighted by molar-refractivity contribution is 6.75. The van der Waals surface area contributed by atoms with Crippen LogP contribution in [-0.2, 0) is 6.18 Å². The van der Waals surface area contributed by atoms with Gasteiger partial charge in [-0.2, -0.15) is 13.2 Å². The van der Waals surface area contributed by atoms with E-state index in [9.17, 15) is 13.2 Å². The number of hydrogen-bond acceptors (Lipinski definition) is 2. The summed E-state index contributed by atoms with van der Waals surface area (Å²) in [6.07, 6.45) is -1.88. The molecule has 94 valence electrons. The molecule has 0 bridgehead atoms. The largest absolute Gasteiger partial charge is 0.451 e. The minimum Gasteiger partial charge on any atom is -0.234 e. The fourth-order valence-corrected chi connectivity index (χ4v) is 2.20. The predicted molar refractivity (Wildman–Crippen MR) is 62.6 cm³/mol. The van der Waals surface area contributed by atoms with Gasteiger partial charge >= 0.3 is 6.18 Å². The van der Waals surface area contributed by atoms with Gasteiger partial charge in [0.2, 0.25) is 5.82 Å². The number of hydrogen-bond donors (Lipinski definition) is 0. The van der Waals surface area contributed by atoms with E-state index >= 15 is 0 Å². The van der Waals surface area contributed by atoms with Gasteiger partial charge in [0.25, 0.3) is 0 Å². The first-order chi connectivity index (χ1) is 7.73. The predicted octanol–water partition coefficient (Wildman–Crippen LogP) is 3.02. The third-order valence-corrected chi connectivity index (χ3v) is 2.75. The first-order valence-corrected chi connectivity index (χ1v) is 5.62. The van der Waals surface area contributed by atoms with Gasteiger partial charge in [-0.15, -0.1) is 0 Å². The fourth-order valence-electron chi connectivity index (χ4n) is 2.20. The molecule has 1 rings (SSSR count). The lowest BCUT2D eigenvalue weighted by Crippen LogP contribution is -2.37. The molecule has 0 saturated carbocycles. The Morgan fingerprint density at radius 2 is 1.41 bits per heavy atom. The molecular formula is C11H16BF3N2. The van der Waals surface area contributed by atoms with E-state index < -0.39 is 12.0 Å². The van der Waals surface area contributed by atoms with Gasteiger partial charge in [-0.25, -0.2) is 9.97 Å². The first-order valence-electron chi connectivity index (χ1n) is 5.62. The lowest BCUT2D eigenvalue weighted by molar-refractivity contribution is -0.144. The van der Waals surface area contributed by atoms with Gasteiger partial charge in [-0.3, -0.25) is 0 Å². The maximum absolute atomic E-state index is 12.3. The average Bonchev–Trinajstić information content (AvgIpc) is 2.15. The molecule has 6 heteroatoms. The number of halogens is 3. The Morgan fingerprint density at radius 1 is 1.00 bits per heavy atom. The molecule has 17 heavy (non-hydrogen) atoms. The Labute approximate surface area is 99.7 Å². The van der Waals surface area contributed by atoms with E-state index in [4.69, 9.17) is 0 Å². The van der Waals surface area contributed by atoms with Crippen LogP contribution in [0.1, 0.15) is 33.5 Å². The second-order valence-corrected chi connectivity index (χ2v) is 4.85. The quantitative estimate of drug-likeness (QED) is 0.763. The summed E-state index contributed by atoms with van der Waals surface area (Å²) >= 11 is 0. The molecular weight excluding hydrogens is 228 g/mol. The molecule has 1 heterocycles. The molecule has 0 amide bonds. The Kier molecular flexibility index (Phi) is 4.17. The highest BCUT2D eigenvalue weighted by atomic mass is 19.4. The van der Waals surface area contributed by atoms with Gasteiger partial charge in [-0.05, 0) is 5.46 Å². The molecule has 0 saturated heterocycles. The molecule has 0 fully saturated rings. The van der Waals surface area contributed by atoms with Crippen molar-refractivity contribution in [2.24, 2.45) is 0 Å². The highest BCUT2D eigenvalue weighted by Crippen LogP contribution is 2.25. The maximum atomic E-state index is 12.3. The lowest BCUT2D eigenvalue weighted by Gasteiger charge is -2.21. The van der Waals surface area contributed by atoms with Crippen molar-refractivity contribution in [1.82, 2.24) is 9.97 Å². The summed E-state index contributed by atoms with van der Waals surface area (Å²) in [5, 5.41) is 0. The van der Waals surface area contributed by atoms with Crippen molar-refractivity contribution < 1.29 is 13.2 Å². The number of nitrogens with zero attached hydrogens (tertiary/aromatic N) is 2. The van der Waals surface area contributed by atoms with E-state index in [1.165, 1.54) is 12.4 Å². The van der Waals surface area contributed by atoms with Gasteiger partial charge in [0, 0.05) is 12.4 Å². The zero-order valence-corrected chi connectivity index (χ0v) is 10.4. The van der Waals surface area contributed by atoms with E-state index in [1.807, 2.05) is 27.7 Å². The van der Waals surface area contributed by atoms with Crippen molar-refractivity contribution in [1.29, 1.82) is 0 Å². The van der Waals surface area contributed by atoms with Crippen molar-refractivity contribution >= 4 is 12.2 Å². The van der Waals surface area contributed by atoms with Gasteiger partial charge in [0.1, 0.15) is 0 Å². The maximum Gasteiger partial charge on any atom is 0.451 e. The smallest absolute Gasteiger partial charge is 0.234 e. The van der Waals surface area contributed by atoms with Crippen LogP contribution in [0.2, 0.25) is 11.6 Å². The van der Waals surface area contributed by atoms with Crippen LogP contribution in [0.4, 0.5) is 13.2 Å². The second-order valence-electron chi connectivity index (χ2n) is 4.85. The summed E-state index contributed by atoms with van der Waals surface area (Å²) in [7, 11) is 0. The summed E-state index contributed by atoms with van der Waals surface area (Å²) in [6, 6.07) is 0. The zero-order valence-electron chi connectivity index (χ0n) is 10.4. The van der Waals surface area contributed by atoms with Crippen LogP contribution >= 0.6 is 0 Å².